The molecule has 0 bridgehead atoms. The molecule has 2 rings (SSSR count). The normalized spacial score (nSPS) is 12.0. The van der Waals surface area contributed by atoms with E-state index in [9.17, 15) is 4.79 Å². The highest BCUT2D eigenvalue weighted by Gasteiger charge is 2.48. The molecule has 0 heterocycles. The molecule has 0 radical (unpaired) electrons. The number of ether oxygens (including phenoxy) is 1. The average molecular weight is 312 g/mol. The summed E-state index contributed by atoms with van der Waals surface area (Å²) in [4.78, 5) is 11.5. The van der Waals surface area contributed by atoms with Crippen molar-refractivity contribution in [1.82, 2.24) is 0 Å². The molecule has 0 aliphatic carbocycles. The average Bonchev–Trinajstić information content (AvgIpc) is 2.48. The standard InChI is InChI=1S/C19H24O2Si/c1-16(20)21-15-22(19(2,3)4,17-11-7-5-8-12-17)18-13-9-6-10-14-18/h5-14H,15H2,1-4H3. The van der Waals surface area contributed by atoms with E-state index >= 15 is 0 Å². The molecule has 0 atom stereocenters. The molecule has 0 amide bonds. The number of hydrogen-bond donors (Lipinski definition) is 0. The minimum atomic E-state index is -2.26. The van der Waals surface area contributed by atoms with E-state index in [4.69, 9.17) is 4.74 Å². The molecule has 0 fully saturated rings. The second-order valence-electron chi connectivity index (χ2n) is 6.67. The lowest BCUT2D eigenvalue weighted by Crippen LogP contribution is -2.67. The van der Waals surface area contributed by atoms with Crippen molar-refractivity contribution in [2.75, 3.05) is 6.23 Å². The number of hydrogen-bond acceptors (Lipinski definition) is 2. The molecule has 0 aromatic heterocycles. The molecular formula is C19H24O2Si. The molecule has 116 valence electrons. The quantitative estimate of drug-likeness (QED) is 0.640. The maximum absolute atomic E-state index is 11.5. The topological polar surface area (TPSA) is 26.3 Å². The predicted molar refractivity (Wildman–Crippen MR) is 94.3 cm³/mol. The SMILES string of the molecule is CC(=O)OC[Si](c1ccccc1)(c1ccccc1)C(C)(C)C. The summed E-state index contributed by atoms with van der Waals surface area (Å²) >= 11 is 0. The minimum absolute atomic E-state index is 0.0190. The first kappa shape index (κ1) is 16.5. The Labute approximate surface area is 134 Å². The Morgan fingerprint density at radius 3 is 1.64 bits per heavy atom. The fourth-order valence-electron chi connectivity index (χ4n) is 3.07. The molecule has 0 saturated carbocycles. The molecule has 0 aliphatic heterocycles. The number of carbonyl (C=O) groups excluding carboxylic acids is 1. The largest absolute Gasteiger partial charge is 0.469 e. The lowest BCUT2D eigenvalue weighted by atomic mass is 10.2. The Kier molecular flexibility index (Phi) is 4.86. The lowest BCUT2D eigenvalue weighted by molar-refractivity contribution is -0.139. The van der Waals surface area contributed by atoms with Gasteiger partial charge in [-0.15, -0.1) is 0 Å². The zero-order chi connectivity index (χ0) is 16.2. The van der Waals surface area contributed by atoms with Crippen LogP contribution in [0.4, 0.5) is 0 Å². The van der Waals surface area contributed by atoms with Crippen molar-refractivity contribution in [2.45, 2.75) is 32.7 Å². The van der Waals surface area contributed by atoms with Crippen molar-refractivity contribution in [3.63, 3.8) is 0 Å². The third kappa shape index (κ3) is 3.14. The second kappa shape index (κ2) is 6.49. The van der Waals surface area contributed by atoms with E-state index in [-0.39, 0.29) is 11.0 Å². The van der Waals surface area contributed by atoms with Gasteiger partial charge in [0.2, 0.25) is 0 Å². The van der Waals surface area contributed by atoms with Crippen LogP contribution in [0.1, 0.15) is 27.7 Å². The van der Waals surface area contributed by atoms with E-state index in [0.717, 1.165) is 0 Å². The zero-order valence-electron chi connectivity index (χ0n) is 13.8. The van der Waals surface area contributed by atoms with Crippen LogP contribution >= 0.6 is 0 Å². The van der Waals surface area contributed by atoms with E-state index in [0.29, 0.717) is 6.23 Å². The smallest absolute Gasteiger partial charge is 0.302 e. The predicted octanol–water partition coefficient (Wildman–Crippen LogP) is 3.15. The monoisotopic (exact) mass is 312 g/mol. The van der Waals surface area contributed by atoms with E-state index in [1.54, 1.807) is 0 Å². The zero-order valence-corrected chi connectivity index (χ0v) is 14.8. The number of carbonyl (C=O) groups is 1. The van der Waals surface area contributed by atoms with E-state index in [1.807, 2.05) is 12.1 Å². The Hall–Kier alpha value is -1.87. The van der Waals surface area contributed by atoms with Crippen LogP contribution in [-0.4, -0.2) is 20.3 Å². The molecule has 2 aromatic rings. The van der Waals surface area contributed by atoms with Crippen molar-refractivity contribution in [2.24, 2.45) is 0 Å². The fraction of sp³-hybridized carbons (Fsp3) is 0.316. The molecule has 0 aliphatic rings. The van der Waals surface area contributed by atoms with Gasteiger partial charge in [0.15, 0.2) is 8.07 Å². The van der Waals surface area contributed by atoms with Gasteiger partial charge in [-0.05, 0) is 15.4 Å². The summed E-state index contributed by atoms with van der Waals surface area (Å²) in [6.07, 6.45) is 0.472. The Morgan fingerprint density at radius 2 is 1.32 bits per heavy atom. The summed E-state index contributed by atoms with van der Waals surface area (Å²) in [6, 6.07) is 21.0. The van der Waals surface area contributed by atoms with Gasteiger partial charge in [0.25, 0.3) is 0 Å². The van der Waals surface area contributed by atoms with Crippen LogP contribution in [0.5, 0.6) is 0 Å². The maximum Gasteiger partial charge on any atom is 0.302 e. The maximum atomic E-state index is 11.5. The van der Waals surface area contributed by atoms with E-state index < -0.39 is 8.07 Å². The Morgan fingerprint density at radius 1 is 0.909 bits per heavy atom. The van der Waals surface area contributed by atoms with Gasteiger partial charge in [0, 0.05) is 6.92 Å². The van der Waals surface area contributed by atoms with Crippen molar-refractivity contribution in [3.05, 3.63) is 60.7 Å². The Bertz CT molecular complexity index is 575. The van der Waals surface area contributed by atoms with Crippen molar-refractivity contribution in [3.8, 4) is 0 Å². The lowest BCUT2D eigenvalue weighted by Gasteiger charge is -2.43. The van der Waals surface area contributed by atoms with Crippen molar-refractivity contribution >= 4 is 24.4 Å². The highest BCUT2D eigenvalue weighted by molar-refractivity contribution is 7.04. The van der Waals surface area contributed by atoms with Gasteiger partial charge in [-0.25, -0.2) is 0 Å². The molecular weight excluding hydrogens is 288 g/mol. The summed E-state index contributed by atoms with van der Waals surface area (Å²) in [7, 11) is -2.26. The first-order valence-corrected chi connectivity index (χ1v) is 9.83. The van der Waals surface area contributed by atoms with Gasteiger partial charge >= 0.3 is 5.97 Å². The highest BCUT2D eigenvalue weighted by atomic mass is 28.3. The summed E-state index contributed by atoms with van der Waals surface area (Å²) in [5.74, 6) is -0.215. The van der Waals surface area contributed by atoms with Crippen molar-refractivity contribution in [1.29, 1.82) is 0 Å². The van der Waals surface area contributed by atoms with Gasteiger partial charge in [0.05, 0.1) is 6.23 Å². The first-order chi connectivity index (χ1) is 10.4. The van der Waals surface area contributed by atoms with E-state index in [2.05, 4.69) is 69.3 Å². The van der Waals surface area contributed by atoms with Gasteiger partial charge in [-0.2, -0.15) is 0 Å². The van der Waals surface area contributed by atoms with Gasteiger partial charge in [0.1, 0.15) is 0 Å². The molecule has 2 nitrogen and oxygen atoms in total. The van der Waals surface area contributed by atoms with Crippen LogP contribution in [0, 0.1) is 0 Å². The molecule has 0 saturated heterocycles. The molecule has 0 spiro atoms. The van der Waals surface area contributed by atoms with E-state index in [1.165, 1.54) is 17.3 Å². The van der Waals surface area contributed by atoms with Gasteiger partial charge in [-0.3, -0.25) is 4.79 Å². The summed E-state index contributed by atoms with van der Waals surface area (Å²) in [6.45, 7) is 8.24. The third-order valence-corrected chi connectivity index (χ3v) is 10.1. The van der Waals surface area contributed by atoms with Crippen LogP contribution in [0.25, 0.3) is 0 Å². The number of esters is 1. The Balaban J connectivity index is 2.67. The van der Waals surface area contributed by atoms with Crippen LogP contribution in [-0.2, 0) is 9.53 Å². The fourth-order valence-corrected chi connectivity index (χ4v) is 7.85. The summed E-state index contributed by atoms with van der Waals surface area (Å²) in [5.41, 5.74) is 0. The highest BCUT2D eigenvalue weighted by Crippen LogP contribution is 2.36. The summed E-state index contributed by atoms with van der Waals surface area (Å²) < 4.78 is 5.57. The summed E-state index contributed by atoms with van der Waals surface area (Å²) in [5, 5.41) is 2.62. The number of benzene rings is 2. The minimum Gasteiger partial charge on any atom is -0.469 e. The van der Waals surface area contributed by atoms with Gasteiger partial charge < -0.3 is 4.74 Å². The second-order valence-corrected chi connectivity index (χ2v) is 11.4. The third-order valence-electron chi connectivity index (χ3n) is 4.31. The van der Waals surface area contributed by atoms with Crippen LogP contribution in [0.3, 0.4) is 0 Å². The van der Waals surface area contributed by atoms with Crippen LogP contribution in [0.15, 0.2) is 60.7 Å². The van der Waals surface area contributed by atoms with Crippen LogP contribution < -0.4 is 10.4 Å². The molecule has 2 aromatic carbocycles. The molecule has 3 heteroatoms. The van der Waals surface area contributed by atoms with Crippen molar-refractivity contribution < 1.29 is 9.53 Å². The number of rotatable bonds is 4. The molecule has 0 N–H and O–H groups in total. The molecule has 0 unspecified atom stereocenters. The van der Waals surface area contributed by atoms with Crippen LogP contribution in [0.2, 0.25) is 5.04 Å². The van der Waals surface area contributed by atoms with Gasteiger partial charge in [-0.1, -0.05) is 81.4 Å². The first-order valence-electron chi connectivity index (χ1n) is 7.62. The molecule has 22 heavy (non-hydrogen) atoms.